The van der Waals surface area contributed by atoms with Crippen LogP contribution in [-0.2, 0) is 9.59 Å². The second-order valence-corrected chi connectivity index (χ2v) is 7.27. The third kappa shape index (κ3) is 11.0. The molecule has 0 spiro atoms. The first-order valence-corrected chi connectivity index (χ1v) is 11.2. The summed E-state index contributed by atoms with van der Waals surface area (Å²) in [6, 6.07) is 14.9. The first-order valence-electron chi connectivity index (χ1n) is 11.2. The highest BCUT2D eigenvalue weighted by molar-refractivity contribution is 5.84. The van der Waals surface area contributed by atoms with Crippen molar-refractivity contribution in [2.75, 3.05) is 13.2 Å². The van der Waals surface area contributed by atoms with Gasteiger partial charge in [-0.25, -0.2) is 10.9 Å². The fourth-order valence-electron chi connectivity index (χ4n) is 2.62. The smallest absolute Gasteiger partial charge is 0.240 e. The van der Waals surface area contributed by atoms with Crippen LogP contribution in [0, 0.1) is 0 Å². The van der Waals surface area contributed by atoms with Crippen LogP contribution in [0.25, 0.3) is 0 Å². The van der Waals surface area contributed by atoms with E-state index in [4.69, 9.17) is 9.47 Å². The fourth-order valence-corrected chi connectivity index (χ4v) is 2.62. The minimum Gasteiger partial charge on any atom is -0.494 e. The third-order valence-corrected chi connectivity index (χ3v) is 4.32. The van der Waals surface area contributed by atoms with Crippen molar-refractivity contribution in [1.82, 2.24) is 10.9 Å². The van der Waals surface area contributed by atoms with Crippen LogP contribution in [0.5, 0.6) is 11.5 Å². The zero-order valence-electron chi connectivity index (χ0n) is 19.3. The molecule has 0 fully saturated rings. The van der Waals surface area contributed by atoms with Gasteiger partial charge in [-0.2, -0.15) is 10.2 Å². The molecule has 176 valence electrons. The largest absolute Gasteiger partial charge is 0.494 e. The van der Waals surface area contributed by atoms with Crippen molar-refractivity contribution in [3.63, 3.8) is 0 Å². The lowest BCUT2D eigenvalue weighted by molar-refractivity contribution is -0.122. The molecule has 8 nitrogen and oxygen atoms in total. The van der Waals surface area contributed by atoms with Crippen LogP contribution in [0.1, 0.15) is 57.1 Å². The van der Waals surface area contributed by atoms with Gasteiger partial charge in [0.25, 0.3) is 0 Å². The van der Waals surface area contributed by atoms with Crippen LogP contribution in [0.4, 0.5) is 0 Å². The lowest BCUT2D eigenvalue weighted by Gasteiger charge is -2.04. The zero-order valence-corrected chi connectivity index (χ0v) is 19.3. The molecule has 0 heterocycles. The van der Waals surface area contributed by atoms with Crippen molar-refractivity contribution in [1.29, 1.82) is 0 Å². The summed E-state index contributed by atoms with van der Waals surface area (Å²) in [6.45, 7) is 5.46. The summed E-state index contributed by atoms with van der Waals surface area (Å²) >= 11 is 0. The second kappa shape index (κ2) is 15.2. The Morgan fingerprint density at radius 3 is 1.48 bits per heavy atom. The van der Waals surface area contributed by atoms with E-state index >= 15 is 0 Å². The van der Waals surface area contributed by atoms with E-state index in [1.54, 1.807) is 12.4 Å². The van der Waals surface area contributed by atoms with E-state index in [2.05, 4.69) is 34.9 Å². The van der Waals surface area contributed by atoms with Gasteiger partial charge in [-0.05, 0) is 78.9 Å². The highest BCUT2D eigenvalue weighted by Crippen LogP contribution is 2.12. The maximum atomic E-state index is 11.9. The third-order valence-electron chi connectivity index (χ3n) is 4.32. The van der Waals surface area contributed by atoms with E-state index in [-0.39, 0.29) is 24.7 Å². The number of carbonyl (C=O) groups excluding carboxylic acids is 2. The van der Waals surface area contributed by atoms with Crippen LogP contribution >= 0.6 is 0 Å². The van der Waals surface area contributed by atoms with Crippen molar-refractivity contribution in [2.45, 2.75) is 46.0 Å². The van der Waals surface area contributed by atoms with Crippen LogP contribution in [0.3, 0.4) is 0 Å². The quantitative estimate of drug-likeness (QED) is 0.334. The zero-order chi connectivity index (χ0) is 23.7. The number of ether oxygens (including phenoxy) is 2. The van der Waals surface area contributed by atoms with Crippen LogP contribution in [-0.4, -0.2) is 37.5 Å². The van der Waals surface area contributed by atoms with Gasteiger partial charge in [-0.1, -0.05) is 13.8 Å². The van der Waals surface area contributed by atoms with Gasteiger partial charge < -0.3 is 9.47 Å². The Morgan fingerprint density at radius 2 is 1.12 bits per heavy atom. The van der Waals surface area contributed by atoms with E-state index in [0.717, 1.165) is 35.5 Å². The Morgan fingerprint density at radius 1 is 0.727 bits per heavy atom. The van der Waals surface area contributed by atoms with Gasteiger partial charge in [0.1, 0.15) is 11.5 Å². The van der Waals surface area contributed by atoms with Crippen LogP contribution in [0.2, 0.25) is 0 Å². The van der Waals surface area contributed by atoms with E-state index in [1.165, 1.54) is 0 Å². The highest BCUT2D eigenvalue weighted by atomic mass is 16.5. The molecule has 2 N–H and O–H groups in total. The molecule has 0 aliphatic carbocycles. The Bertz CT molecular complexity index is 834. The molecule has 0 unspecified atom stereocenters. The number of hydrogen-bond donors (Lipinski definition) is 2. The fraction of sp³-hybridized carbons (Fsp3) is 0.360. The Kier molecular flexibility index (Phi) is 11.8. The molecular formula is C25H32N4O4. The lowest BCUT2D eigenvalue weighted by Crippen LogP contribution is -2.20. The lowest BCUT2D eigenvalue weighted by atomic mass is 10.2. The molecule has 2 amide bonds. The van der Waals surface area contributed by atoms with Gasteiger partial charge in [0.15, 0.2) is 0 Å². The molecule has 2 aromatic rings. The second-order valence-electron chi connectivity index (χ2n) is 7.27. The molecule has 33 heavy (non-hydrogen) atoms. The number of rotatable bonds is 14. The summed E-state index contributed by atoms with van der Waals surface area (Å²) in [5.41, 5.74) is 6.62. The molecule has 0 bridgehead atoms. The number of nitrogens with one attached hydrogen (secondary N) is 2. The first kappa shape index (κ1) is 25.6. The van der Waals surface area contributed by atoms with E-state index < -0.39 is 0 Å². The summed E-state index contributed by atoms with van der Waals surface area (Å²) in [5.74, 6) is 1.10. The number of carbonyl (C=O) groups is 2. The predicted molar refractivity (Wildman–Crippen MR) is 130 cm³/mol. The maximum Gasteiger partial charge on any atom is 0.240 e. The van der Waals surface area contributed by atoms with Crippen molar-refractivity contribution < 1.29 is 19.1 Å². The van der Waals surface area contributed by atoms with Gasteiger partial charge in [-0.3, -0.25) is 9.59 Å². The molecule has 0 aliphatic rings. The number of amides is 2. The first-order chi connectivity index (χ1) is 16.1. The predicted octanol–water partition coefficient (Wildman–Crippen LogP) is 4.03. The summed E-state index contributed by atoms with van der Waals surface area (Å²) in [5, 5.41) is 7.88. The number of hydrogen-bond acceptors (Lipinski definition) is 6. The molecule has 2 aromatic carbocycles. The molecule has 0 saturated carbocycles. The molecule has 0 saturated heterocycles. The summed E-state index contributed by atoms with van der Waals surface area (Å²) in [4.78, 5) is 23.7. The molecule has 0 aromatic heterocycles. The van der Waals surface area contributed by atoms with Gasteiger partial charge in [0, 0.05) is 12.8 Å². The molecule has 2 rings (SSSR count). The molecule has 0 aliphatic heterocycles. The molecular weight excluding hydrogens is 420 g/mol. The van der Waals surface area contributed by atoms with Crippen LogP contribution in [0.15, 0.2) is 58.7 Å². The van der Waals surface area contributed by atoms with Crippen molar-refractivity contribution in [2.24, 2.45) is 10.2 Å². The average Bonchev–Trinajstić information content (AvgIpc) is 2.83. The number of hydrazone groups is 2. The molecule has 0 atom stereocenters. The average molecular weight is 453 g/mol. The monoisotopic (exact) mass is 452 g/mol. The summed E-state index contributed by atoms with van der Waals surface area (Å²) in [6.07, 6.45) is 5.81. The van der Waals surface area contributed by atoms with Crippen molar-refractivity contribution in [3.05, 3.63) is 59.7 Å². The highest BCUT2D eigenvalue weighted by Gasteiger charge is 2.04. The van der Waals surface area contributed by atoms with E-state index in [0.29, 0.717) is 19.6 Å². The minimum absolute atomic E-state index is 0.192. The molecule has 0 radical (unpaired) electrons. The van der Waals surface area contributed by atoms with E-state index in [1.807, 2.05) is 48.5 Å². The van der Waals surface area contributed by atoms with Gasteiger partial charge >= 0.3 is 0 Å². The normalized spacial score (nSPS) is 11.0. The topological polar surface area (TPSA) is 101 Å². The Labute approximate surface area is 195 Å². The Balaban J connectivity index is 1.61. The van der Waals surface area contributed by atoms with Crippen molar-refractivity contribution >= 4 is 24.2 Å². The molecule has 8 heteroatoms. The summed E-state index contributed by atoms with van der Waals surface area (Å²) in [7, 11) is 0. The van der Waals surface area contributed by atoms with Crippen LogP contribution < -0.4 is 20.3 Å². The maximum absolute atomic E-state index is 11.9. The standard InChI is InChI=1S/C25H32N4O4/c1-3-16-32-22-12-8-20(9-13-22)18-26-28-24(30)6-5-7-25(31)29-27-19-21-10-14-23(15-11-21)33-17-4-2/h8-15,18-19H,3-7,16-17H2,1-2H3,(H,28,30)(H,29,31)/b26-18+,27-19+. The van der Waals surface area contributed by atoms with Gasteiger partial charge in [0.2, 0.25) is 11.8 Å². The Hall–Kier alpha value is -3.68. The van der Waals surface area contributed by atoms with E-state index in [9.17, 15) is 9.59 Å². The minimum atomic E-state index is -0.254. The van der Waals surface area contributed by atoms with Gasteiger partial charge in [0.05, 0.1) is 25.6 Å². The SMILES string of the molecule is CCCOc1ccc(/C=N/NC(=O)CCCC(=O)N/N=C/c2ccc(OCCC)cc2)cc1. The number of benzene rings is 2. The van der Waals surface area contributed by atoms with Crippen molar-refractivity contribution in [3.8, 4) is 11.5 Å². The number of nitrogens with zero attached hydrogens (tertiary/aromatic N) is 2. The van der Waals surface area contributed by atoms with Gasteiger partial charge in [-0.15, -0.1) is 0 Å². The summed E-state index contributed by atoms with van der Waals surface area (Å²) < 4.78 is 11.0.